The summed E-state index contributed by atoms with van der Waals surface area (Å²) in [6.07, 6.45) is 3.32. The molecular weight excluding hydrogens is 230 g/mol. The van der Waals surface area contributed by atoms with Crippen molar-refractivity contribution in [3.8, 4) is 0 Å². The highest BCUT2D eigenvalue weighted by Crippen LogP contribution is 2.40. The molecule has 4 nitrogen and oxygen atoms in total. The largest absolute Gasteiger partial charge is 0.478 e. The van der Waals surface area contributed by atoms with Crippen LogP contribution < -0.4 is 5.32 Å². The second-order valence-corrected chi connectivity index (χ2v) is 5.42. The smallest absolute Gasteiger partial charge is 0.335 e. The lowest BCUT2D eigenvalue weighted by molar-refractivity contribution is -0.119. The minimum atomic E-state index is -0.891. The molecule has 0 radical (unpaired) electrons. The Hall–Kier alpha value is -1.84. The monoisotopic (exact) mass is 245 g/mol. The highest BCUT2D eigenvalue weighted by atomic mass is 16.4. The Morgan fingerprint density at radius 3 is 2.78 bits per heavy atom. The number of fused-ring (bicyclic) bond motifs is 1. The maximum atomic E-state index is 11.4. The molecule has 1 aromatic carbocycles. The topological polar surface area (TPSA) is 66.4 Å². The number of carbonyl (C=O) groups excluding carboxylic acids is 1. The number of hydrogen-bond acceptors (Lipinski definition) is 2. The summed E-state index contributed by atoms with van der Waals surface area (Å²) >= 11 is 0. The molecule has 0 unspecified atom stereocenters. The van der Waals surface area contributed by atoms with Crippen LogP contribution in [0.2, 0.25) is 0 Å². The Morgan fingerprint density at radius 2 is 2.11 bits per heavy atom. The summed E-state index contributed by atoms with van der Waals surface area (Å²) in [7, 11) is 0. The molecule has 2 N–H and O–H groups in total. The van der Waals surface area contributed by atoms with Gasteiger partial charge in [-0.3, -0.25) is 4.79 Å². The third-order valence-electron chi connectivity index (χ3n) is 4.14. The molecule has 94 valence electrons. The van der Waals surface area contributed by atoms with Gasteiger partial charge in [-0.25, -0.2) is 4.79 Å². The van der Waals surface area contributed by atoms with Crippen molar-refractivity contribution in [1.82, 2.24) is 5.32 Å². The Kier molecular flexibility index (Phi) is 2.40. The van der Waals surface area contributed by atoms with Crippen LogP contribution in [0.25, 0.3) is 0 Å². The third kappa shape index (κ3) is 1.78. The number of aromatic carboxylic acids is 1. The van der Waals surface area contributed by atoms with E-state index in [0.29, 0.717) is 12.0 Å². The normalized spacial score (nSPS) is 25.9. The lowest BCUT2D eigenvalue weighted by Crippen LogP contribution is -2.31. The van der Waals surface area contributed by atoms with Gasteiger partial charge in [0.25, 0.3) is 0 Å². The minimum absolute atomic E-state index is 0.0151. The fourth-order valence-electron chi connectivity index (χ4n) is 3.11. The number of benzene rings is 1. The number of rotatable bonds is 1. The van der Waals surface area contributed by atoms with E-state index < -0.39 is 5.97 Å². The fraction of sp³-hybridized carbons (Fsp3) is 0.429. The maximum Gasteiger partial charge on any atom is 0.335 e. The number of amides is 1. The molecule has 2 aliphatic rings. The van der Waals surface area contributed by atoms with Crippen LogP contribution in [0.3, 0.4) is 0 Å². The predicted molar refractivity (Wildman–Crippen MR) is 65.5 cm³/mol. The lowest BCUT2D eigenvalue weighted by atomic mass is 9.71. The molecule has 0 bridgehead atoms. The number of aryl methyl sites for hydroxylation is 1. The van der Waals surface area contributed by atoms with Gasteiger partial charge in [-0.1, -0.05) is 6.07 Å². The summed E-state index contributed by atoms with van der Waals surface area (Å²) in [5, 5.41) is 11.9. The van der Waals surface area contributed by atoms with Gasteiger partial charge < -0.3 is 10.4 Å². The molecule has 1 aliphatic carbocycles. The third-order valence-corrected chi connectivity index (χ3v) is 4.14. The molecule has 1 spiro atoms. The van der Waals surface area contributed by atoms with Crippen LogP contribution in [-0.4, -0.2) is 23.5 Å². The van der Waals surface area contributed by atoms with Gasteiger partial charge >= 0.3 is 5.97 Å². The van der Waals surface area contributed by atoms with E-state index in [1.807, 2.05) is 6.07 Å². The van der Waals surface area contributed by atoms with Crippen LogP contribution in [0.15, 0.2) is 18.2 Å². The molecule has 3 rings (SSSR count). The van der Waals surface area contributed by atoms with Gasteiger partial charge in [-0.2, -0.15) is 0 Å². The zero-order chi connectivity index (χ0) is 12.8. The van der Waals surface area contributed by atoms with Crippen LogP contribution in [0, 0.1) is 5.41 Å². The first kappa shape index (κ1) is 11.3. The summed E-state index contributed by atoms with van der Waals surface area (Å²) in [6, 6.07) is 5.34. The van der Waals surface area contributed by atoms with Crippen LogP contribution in [-0.2, 0) is 17.6 Å². The lowest BCUT2D eigenvalue weighted by Gasteiger charge is -2.33. The Labute approximate surface area is 105 Å². The first-order chi connectivity index (χ1) is 8.58. The van der Waals surface area contributed by atoms with Crippen molar-refractivity contribution < 1.29 is 14.7 Å². The Morgan fingerprint density at radius 1 is 1.28 bits per heavy atom. The molecule has 1 aliphatic heterocycles. The van der Waals surface area contributed by atoms with Crippen molar-refractivity contribution in [3.05, 3.63) is 34.9 Å². The highest BCUT2D eigenvalue weighted by Gasteiger charge is 2.40. The van der Waals surface area contributed by atoms with Gasteiger partial charge in [0.15, 0.2) is 0 Å². The molecular formula is C14H15NO3. The van der Waals surface area contributed by atoms with Gasteiger partial charge in [-0.05, 0) is 42.5 Å². The second kappa shape index (κ2) is 3.83. The van der Waals surface area contributed by atoms with Crippen molar-refractivity contribution in [2.24, 2.45) is 5.41 Å². The van der Waals surface area contributed by atoms with Crippen LogP contribution in [0.5, 0.6) is 0 Å². The van der Waals surface area contributed by atoms with E-state index in [1.165, 1.54) is 5.56 Å². The number of carbonyl (C=O) groups is 2. The predicted octanol–water partition coefficient (Wildman–Crippen LogP) is 1.38. The SMILES string of the molecule is O=C1C[C@]2(CCc3ccc(C(=O)O)cc3C2)CN1. The minimum Gasteiger partial charge on any atom is -0.478 e. The van der Waals surface area contributed by atoms with E-state index in [2.05, 4.69) is 5.32 Å². The summed E-state index contributed by atoms with van der Waals surface area (Å²) in [4.78, 5) is 22.4. The number of hydrogen-bond donors (Lipinski definition) is 2. The van der Waals surface area contributed by atoms with Crippen LogP contribution in [0.1, 0.15) is 34.3 Å². The Bertz CT molecular complexity index is 538. The number of carboxylic acids is 1. The molecule has 1 aromatic rings. The molecule has 0 saturated carbocycles. The van der Waals surface area contributed by atoms with E-state index in [1.54, 1.807) is 12.1 Å². The highest BCUT2D eigenvalue weighted by molar-refractivity contribution is 5.88. The fourth-order valence-corrected chi connectivity index (χ4v) is 3.11. The van der Waals surface area contributed by atoms with Crippen molar-refractivity contribution >= 4 is 11.9 Å². The quantitative estimate of drug-likeness (QED) is 0.785. The summed E-state index contributed by atoms with van der Waals surface area (Å²) in [5.41, 5.74) is 2.67. The van der Waals surface area contributed by atoms with E-state index >= 15 is 0 Å². The zero-order valence-electron chi connectivity index (χ0n) is 10.0. The summed E-state index contributed by atoms with van der Waals surface area (Å²) < 4.78 is 0. The zero-order valence-corrected chi connectivity index (χ0v) is 10.0. The average Bonchev–Trinajstić information content (AvgIpc) is 2.69. The molecule has 1 atom stereocenters. The van der Waals surface area contributed by atoms with E-state index in [-0.39, 0.29) is 11.3 Å². The Balaban J connectivity index is 1.93. The molecule has 18 heavy (non-hydrogen) atoms. The average molecular weight is 245 g/mol. The van der Waals surface area contributed by atoms with E-state index in [0.717, 1.165) is 31.4 Å². The standard InChI is InChI=1S/C14H15NO3/c16-12-7-14(8-15-12)4-3-9-1-2-10(13(17)18)5-11(9)6-14/h1-2,5H,3-4,6-8H2,(H,15,16)(H,17,18)/t14-/m1/s1. The van der Waals surface area contributed by atoms with Crippen molar-refractivity contribution in [2.45, 2.75) is 25.7 Å². The summed E-state index contributed by atoms with van der Waals surface area (Å²) in [5.74, 6) is -0.772. The second-order valence-electron chi connectivity index (χ2n) is 5.42. The van der Waals surface area contributed by atoms with Crippen LogP contribution >= 0.6 is 0 Å². The van der Waals surface area contributed by atoms with Gasteiger partial charge in [0.2, 0.25) is 5.91 Å². The first-order valence-corrected chi connectivity index (χ1v) is 6.20. The maximum absolute atomic E-state index is 11.4. The molecule has 1 heterocycles. The van der Waals surface area contributed by atoms with E-state index in [4.69, 9.17) is 5.11 Å². The van der Waals surface area contributed by atoms with Crippen molar-refractivity contribution in [3.63, 3.8) is 0 Å². The van der Waals surface area contributed by atoms with Crippen molar-refractivity contribution in [1.29, 1.82) is 0 Å². The molecule has 1 saturated heterocycles. The van der Waals surface area contributed by atoms with Gasteiger partial charge in [0.1, 0.15) is 0 Å². The van der Waals surface area contributed by atoms with Crippen LogP contribution in [0.4, 0.5) is 0 Å². The van der Waals surface area contributed by atoms with Gasteiger partial charge in [-0.15, -0.1) is 0 Å². The molecule has 1 amide bonds. The number of nitrogens with one attached hydrogen (secondary N) is 1. The molecule has 4 heteroatoms. The van der Waals surface area contributed by atoms with Gasteiger partial charge in [0, 0.05) is 18.4 Å². The number of carboxylic acid groups (broad SMARTS) is 1. The summed E-state index contributed by atoms with van der Waals surface area (Å²) in [6.45, 7) is 0.725. The van der Waals surface area contributed by atoms with Gasteiger partial charge in [0.05, 0.1) is 5.56 Å². The van der Waals surface area contributed by atoms with Crippen molar-refractivity contribution in [2.75, 3.05) is 6.54 Å². The van der Waals surface area contributed by atoms with E-state index in [9.17, 15) is 9.59 Å². The molecule has 0 aromatic heterocycles. The molecule has 1 fully saturated rings. The first-order valence-electron chi connectivity index (χ1n) is 6.20.